The molecule has 2 fully saturated rings. The summed E-state index contributed by atoms with van der Waals surface area (Å²) in [4.78, 5) is 0. The van der Waals surface area contributed by atoms with Gasteiger partial charge < -0.3 is 5.32 Å². The Balaban J connectivity index is 1.97. The summed E-state index contributed by atoms with van der Waals surface area (Å²) >= 11 is 0. The number of halogens is 2. The number of benzene rings is 1. The third-order valence-corrected chi connectivity index (χ3v) is 4.15. The summed E-state index contributed by atoms with van der Waals surface area (Å²) in [5.41, 5.74) is 0.139. The van der Waals surface area contributed by atoms with Crippen LogP contribution in [0.1, 0.15) is 36.8 Å². The van der Waals surface area contributed by atoms with Crippen LogP contribution < -0.4 is 5.32 Å². The van der Waals surface area contributed by atoms with Crippen molar-refractivity contribution in [3.8, 4) is 0 Å². The Hall–Kier alpha value is -0.960. The van der Waals surface area contributed by atoms with Gasteiger partial charge in [0.15, 0.2) is 0 Å². The lowest BCUT2D eigenvalue weighted by Gasteiger charge is -2.36. The summed E-state index contributed by atoms with van der Waals surface area (Å²) in [5.74, 6) is -0.285. The zero-order valence-electron chi connectivity index (χ0n) is 9.97. The maximum atomic E-state index is 15.1. The van der Waals surface area contributed by atoms with Gasteiger partial charge in [-0.2, -0.15) is 0 Å². The zero-order valence-corrected chi connectivity index (χ0v) is 9.97. The molecular formula is C14H17F2N. The maximum absolute atomic E-state index is 15.1. The summed E-state index contributed by atoms with van der Waals surface area (Å²) < 4.78 is 28.1. The highest BCUT2D eigenvalue weighted by Crippen LogP contribution is 2.44. The second kappa shape index (κ2) is 3.77. The minimum atomic E-state index is -1.27. The first-order valence-electron chi connectivity index (χ1n) is 6.28. The van der Waals surface area contributed by atoms with Gasteiger partial charge in [0, 0.05) is 24.9 Å². The van der Waals surface area contributed by atoms with Crippen molar-refractivity contribution in [1.82, 2.24) is 5.32 Å². The summed E-state index contributed by atoms with van der Waals surface area (Å²) in [6, 6.07) is 5.01. The van der Waals surface area contributed by atoms with Gasteiger partial charge in [-0.15, -0.1) is 0 Å². The fourth-order valence-corrected chi connectivity index (χ4v) is 3.44. The molecule has 2 unspecified atom stereocenters. The summed E-state index contributed by atoms with van der Waals surface area (Å²) in [6.07, 6.45) is 3.18. The van der Waals surface area contributed by atoms with E-state index in [9.17, 15) is 4.39 Å². The number of nitrogens with one attached hydrogen (secondary N) is 1. The molecule has 0 aliphatic carbocycles. The minimum Gasteiger partial charge on any atom is -0.311 e. The van der Waals surface area contributed by atoms with Crippen molar-refractivity contribution in [1.29, 1.82) is 0 Å². The van der Waals surface area contributed by atoms with E-state index >= 15 is 4.39 Å². The Bertz CT molecular complexity index is 432. The van der Waals surface area contributed by atoms with E-state index in [1.165, 1.54) is 12.1 Å². The Kier molecular flexibility index (Phi) is 2.47. The average molecular weight is 237 g/mol. The topological polar surface area (TPSA) is 12.0 Å². The normalized spacial score (nSPS) is 36.2. The van der Waals surface area contributed by atoms with Crippen molar-refractivity contribution in [2.24, 2.45) is 0 Å². The first-order valence-corrected chi connectivity index (χ1v) is 6.28. The van der Waals surface area contributed by atoms with Crippen LogP contribution in [0.3, 0.4) is 0 Å². The lowest BCUT2D eigenvalue weighted by Crippen LogP contribution is -2.44. The third-order valence-electron chi connectivity index (χ3n) is 4.15. The Morgan fingerprint density at radius 1 is 1.24 bits per heavy atom. The molecule has 2 atom stereocenters. The largest absolute Gasteiger partial charge is 0.311 e. The van der Waals surface area contributed by atoms with E-state index in [-0.39, 0.29) is 5.82 Å². The zero-order chi connectivity index (χ0) is 12.0. The number of aryl methyl sites for hydroxylation is 1. The van der Waals surface area contributed by atoms with Gasteiger partial charge in [-0.25, -0.2) is 8.78 Å². The third kappa shape index (κ3) is 1.86. The van der Waals surface area contributed by atoms with Gasteiger partial charge in [0.1, 0.15) is 11.5 Å². The monoisotopic (exact) mass is 237 g/mol. The molecule has 0 saturated carbocycles. The van der Waals surface area contributed by atoms with Gasteiger partial charge in [0.05, 0.1) is 0 Å². The van der Waals surface area contributed by atoms with Crippen LogP contribution in [0.2, 0.25) is 0 Å². The second-order valence-electron chi connectivity index (χ2n) is 5.47. The van der Waals surface area contributed by atoms with Crippen molar-refractivity contribution >= 4 is 0 Å². The molecule has 3 heteroatoms. The number of rotatable bonds is 1. The minimum absolute atomic E-state index is 0.285. The molecule has 92 valence electrons. The molecule has 2 aliphatic heterocycles. The molecule has 3 rings (SSSR count). The molecule has 2 aliphatic rings. The van der Waals surface area contributed by atoms with Crippen molar-refractivity contribution < 1.29 is 8.78 Å². The quantitative estimate of drug-likeness (QED) is 0.790. The number of fused-ring (bicyclic) bond motifs is 2. The van der Waals surface area contributed by atoms with E-state index in [0.29, 0.717) is 30.5 Å². The predicted octanol–water partition coefficient (Wildman–Crippen LogP) is 3.21. The van der Waals surface area contributed by atoms with Gasteiger partial charge in [-0.05, 0) is 43.0 Å². The van der Waals surface area contributed by atoms with Crippen molar-refractivity contribution in [3.05, 3.63) is 35.1 Å². The second-order valence-corrected chi connectivity index (χ2v) is 5.47. The van der Waals surface area contributed by atoms with E-state index in [2.05, 4.69) is 5.32 Å². The standard InChI is InChI=1S/C14H17F2N/c1-9-6-10(15)2-5-13(9)14(16)7-11-3-4-12(8-14)17-11/h2,5-6,11-12,17H,3-4,7-8H2,1H3. The molecule has 0 spiro atoms. The van der Waals surface area contributed by atoms with Gasteiger partial charge >= 0.3 is 0 Å². The van der Waals surface area contributed by atoms with Crippen LogP contribution in [0.15, 0.2) is 18.2 Å². The maximum Gasteiger partial charge on any atom is 0.139 e. The van der Waals surface area contributed by atoms with Gasteiger partial charge in [-0.3, -0.25) is 0 Å². The first-order chi connectivity index (χ1) is 8.07. The van der Waals surface area contributed by atoms with Crippen molar-refractivity contribution in [2.45, 2.75) is 50.4 Å². The van der Waals surface area contributed by atoms with Crippen LogP contribution >= 0.6 is 0 Å². The number of alkyl halides is 1. The first kappa shape index (κ1) is 11.1. The number of hydrogen-bond donors (Lipinski definition) is 1. The van der Waals surface area contributed by atoms with Gasteiger partial charge in [-0.1, -0.05) is 6.07 Å². The van der Waals surface area contributed by atoms with Crippen molar-refractivity contribution in [3.63, 3.8) is 0 Å². The van der Waals surface area contributed by atoms with Gasteiger partial charge in [0.2, 0.25) is 0 Å². The lowest BCUT2D eigenvalue weighted by atomic mass is 9.81. The van der Waals surface area contributed by atoms with Crippen LogP contribution in [0.4, 0.5) is 8.78 Å². The van der Waals surface area contributed by atoms with E-state index in [1.54, 1.807) is 13.0 Å². The van der Waals surface area contributed by atoms with E-state index in [0.717, 1.165) is 18.4 Å². The van der Waals surface area contributed by atoms with Crippen LogP contribution in [-0.2, 0) is 5.67 Å². The van der Waals surface area contributed by atoms with Crippen LogP contribution in [-0.4, -0.2) is 12.1 Å². The Morgan fingerprint density at radius 3 is 2.47 bits per heavy atom. The Morgan fingerprint density at radius 2 is 1.88 bits per heavy atom. The molecule has 1 aromatic carbocycles. The fraction of sp³-hybridized carbons (Fsp3) is 0.571. The van der Waals surface area contributed by atoms with Crippen LogP contribution in [0, 0.1) is 12.7 Å². The Labute approximate surface area is 100 Å². The highest BCUT2D eigenvalue weighted by atomic mass is 19.1. The van der Waals surface area contributed by atoms with E-state index in [4.69, 9.17) is 0 Å². The molecule has 1 N–H and O–H groups in total. The predicted molar refractivity (Wildman–Crippen MR) is 63.1 cm³/mol. The average Bonchev–Trinajstić information content (AvgIpc) is 2.58. The number of hydrogen-bond acceptors (Lipinski definition) is 1. The number of piperidine rings is 1. The molecule has 0 radical (unpaired) electrons. The lowest BCUT2D eigenvalue weighted by molar-refractivity contribution is 0.0866. The highest BCUT2D eigenvalue weighted by Gasteiger charge is 2.45. The smallest absolute Gasteiger partial charge is 0.139 e. The molecule has 0 amide bonds. The molecule has 2 heterocycles. The van der Waals surface area contributed by atoms with Crippen LogP contribution in [0.25, 0.3) is 0 Å². The molecule has 1 nitrogen and oxygen atoms in total. The SMILES string of the molecule is Cc1cc(F)ccc1C1(F)CC2CCC(C1)N2. The van der Waals surface area contributed by atoms with Crippen LogP contribution in [0.5, 0.6) is 0 Å². The molecule has 1 aromatic rings. The summed E-state index contributed by atoms with van der Waals surface area (Å²) in [7, 11) is 0. The van der Waals surface area contributed by atoms with Crippen molar-refractivity contribution in [2.75, 3.05) is 0 Å². The highest BCUT2D eigenvalue weighted by molar-refractivity contribution is 5.33. The fourth-order valence-electron chi connectivity index (χ4n) is 3.44. The molecule has 17 heavy (non-hydrogen) atoms. The molecule has 0 aromatic heterocycles. The van der Waals surface area contributed by atoms with E-state index in [1.807, 2.05) is 0 Å². The summed E-state index contributed by atoms with van der Waals surface area (Å²) in [5, 5.41) is 3.43. The van der Waals surface area contributed by atoms with Gasteiger partial charge in [0.25, 0.3) is 0 Å². The molecular weight excluding hydrogens is 220 g/mol. The molecule has 2 saturated heterocycles. The molecule has 2 bridgehead atoms. The summed E-state index contributed by atoms with van der Waals surface area (Å²) in [6.45, 7) is 1.80. The van der Waals surface area contributed by atoms with E-state index < -0.39 is 5.67 Å².